The quantitative estimate of drug-likeness (QED) is 0.880. The lowest BCUT2D eigenvalue weighted by Gasteiger charge is -2.43. The summed E-state index contributed by atoms with van der Waals surface area (Å²) in [5.41, 5.74) is 2.11. The average molecular weight is 345 g/mol. The predicted molar refractivity (Wildman–Crippen MR) is 105 cm³/mol. The van der Waals surface area contributed by atoms with Gasteiger partial charge in [-0.1, -0.05) is 49.1 Å². The normalized spacial score (nSPS) is 23.7. The maximum Gasteiger partial charge on any atom is 0.0728 e. The molecule has 0 bridgehead atoms. The van der Waals surface area contributed by atoms with Crippen LogP contribution in [0.25, 0.3) is 0 Å². The first kappa shape index (κ1) is 18.9. The molecule has 1 saturated carbocycles. The Morgan fingerprint density at radius 1 is 1.16 bits per heavy atom. The number of rotatable bonds is 5. The van der Waals surface area contributed by atoms with Crippen molar-refractivity contribution in [3.8, 4) is 0 Å². The highest BCUT2D eigenvalue weighted by atomic mass is 16.3. The third-order valence-electron chi connectivity index (χ3n) is 6.54. The van der Waals surface area contributed by atoms with Gasteiger partial charge in [0.25, 0.3) is 0 Å². The van der Waals surface area contributed by atoms with Crippen LogP contribution in [-0.4, -0.2) is 60.3 Å². The van der Waals surface area contributed by atoms with E-state index in [9.17, 15) is 5.11 Å². The Hall–Kier alpha value is -0.900. The van der Waals surface area contributed by atoms with Gasteiger partial charge in [-0.25, -0.2) is 0 Å². The van der Waals surface area contributed by atoms with E-state index in [0.29, 0.717) is 6.04 Å². The van der Waals surface area contributed by atoms with Crippen LogP contribution >= 0.6 is 0 Å². The second kappa shape index (κ2) is 8.20. The maximum absolute atomic E-state index is 11.5. The fraction of sp³-hybridized carbons (Fsp3) is 0.727. The molecule has 140 valence electrons. The zero-order chi connectivity index (χ0) is 17.9. The van der Waals surface area contributed by atoms with Crippen molar-refractivity contribution >= 4 is 0 Å². The van der Waals surface area contributed by atoms with Gasteiger partial charge >= 0.3 is 0 Å². The third-order valence-corrected chi connectivity index (χ3v) is 6.54. The lowest BCUT2D eigenvalue weighted by atomic mass is 9.72. The molecule has 1 aliphatic carbocycles. The molecule has 25 heavy (non-hydrogen) atoms. The molecule has 0 aromatic heterocycles. The molecule has 1 unspecified atom stereocenters. The van der Waals surface area contributed by atoms with Gasteiger partial charge in [-0.05, 0) is 65.4 Å². The zero-order valence-corrected chi connectivity index (χ0v) is 16.4. The van der Waals surface area contributed by atoms with Gasteiger partial charge in [0.05, 0.1) is 5.60 Å². The Labute approximate surface area is 154 Å². The minimum atomic E-state index is -0.523. The van der Waals surface area contributed by atoms with E-state index >= 15 is 0 Å². The first-order chi connectivity index (χ1) is 12.0. The molecule has 1 N–H and O–H groups in total. The average Bonchev–Trinajstić information content (AvgIpc) is 2.60. The molecule has 3 heteroatoms. The van der Waals surface area contributed by atoms with Crippen LogP contribution in [0, 0.1) is 6.92 Å². The first-order valence-corrected chi connectivity index (χ1v) is 10.2. The smallest absolute Gasteiger partial charge is 0.0728 e. The van der Waals surface area contributed by atoms with Crippen molar-refractivity contribution in [3.05, 3.63) is 35.4 Å². The van der Waals surface area contributed by atoms with Gasteiger partial charge in [0, 0.05) is 18.5 Å². The third kappa shape index (κ3) is 4.64. The summed E-state index contributed by atoms with van der Waals surface area (Å²) in [6, 6.07) is 9.56. The van der Waals surface area contributed by atoms with Crippen molar-refractivity contribution in [2.24, 2.45) is 0 Å². The fourth-order valence-corrected chi connectivity index (χ4v) is 4.86. The number of aliphatic hydroxyl groups is 1. The Balaban J connectivity index is 1.75. The van der Waals surface area contributed by atoms with Crippen LogP contribution in [0.4, 0.5) is 0 Å². The molecule has 1 aliphatic heterocycles. The molecule has 0 amide bonds. The van der Waals surface area contributed by atoms with Gasteiger partial charge in [-0.2, -0.15) is 0 Å². The van der Waals surface area contributed by atoms with E-state index in [-0.39, 0.29) is 5.92 Å². The first-order valence-electron chi connectivity index (χ1n) is 10.2. The van der Waals surface area contributed by atoms with Crippen LogP contribution < -0.4 is 0 Å². The van der Waals surface area contributed by atoms with Crippen LogP contribution in [-0.2, 0) is 0 Å². The summed E-state index contributed by atoms with van der Waals surface area (Å²) in [6.45, 7) is 5.47. The van der Waals surface area contributed by atoms with Crippen LogP contribution in [0.1, 0.15) is 62.0 Å². The number of benzene rings is 1. The largest absolute Gasteiger partial charge is 0.389 e. The van der Waals surface area contributed by atoms with Gasteiger partial charge in [-0.15, -0.1) is 0 Å². The van der Waals surface area contributed by atoms with Gasteiger partial charge in [0.2, 0.25) is 0 Å². The maximum atomic E-state index is 11.5. The summed E-state index contributed by atoms with van der Waals surface area (Å²) in [5.74, 6) is 0.239. The molecule has 1 saturated heterocycles. The molecular formula is C22H36N2O. The number of likely N-dealkylation sites (tertiary alicyclic amines) is 1. The highest BCUT2D eigenvalue weighted by molar-refractivity contribution is 5.28. The Morgan fingerprint density at radius 3 is 2.44 bits per heavy atom. The molecule has 2 aliphatic rings. The molecule has 1 aromatic carbocycles. The molecule has 1 atom stereocenters. The Kier molecular flexibility index (Phi) is 6.19. The molecule has 0 spiro atoms. The zero-order valence-electron chi connectivity index (χ0n) is 16.4. The highest BCUT2D eigenvalue weighted by Gasteiger charge is 2.40. The summed E-state index contributed by atoms with van der Waals surface area (Å²) >= 11 is 0. The van der Waals surface area contributed by atoms with Crippen molar-refractivity contribution in [3.63, 3.8) is 0 Å². The van der Waals surface area contributed by atoms with Crippen molar-refractivity contribution in [2.45, 2.75) is 69.4 Å². The molecule has 3 rings (SSSR count). The summed E-state index contributed by atoms with van der Waals surface area (Å²) in [4.78, 5) is 4.96. The summed E-state index contributed by atoms with van der Waals surface area (Å²) in [7, 11) is 4.39. The minimum absolute atomic E-state index is 0.239. The van der Waals surface area contributed by atoms with Gasteiger partial charge in [0.1, 0.15) is 0 Å². The number of piperidine rings is 1. The second-order valence-corrected chi connectivity index (χ2v) is 8.63. The molecule has 0 radical (unpaired) electrons. The second-order valence-electron chi connectivity index (χ2n) is 8.63. The highest BCUT2D eigenvalue weighted by Crippen LogP contribution is 2.41. The van der Waals surface area contributed by atoms with E-state index in [2.05, 4.69) is 55.1 Å². The summed E-state index contributed by atoms with van der Waals surface area (Å²) < 4.78 is 0. The fourth-order valence-electron chi connectivity index (χ4n) is 4.86. The monoisotopic (exact) mass is 344 g/mol. The van der Waals surface area contributed by atoms with Crippen molar-refractivity contribution in [1.29, 1.82) is 0 Å². The van der Waals surface area contributed by atoms with Crippen molar-refractivity contribution < 1.29 is 5.11 Å². The number of hydrogen-bond acceptors (Lipinski definition) is 3. The molecular weight excluding hydrogens is 308 g/mol. The van der Waals surface area contributed by atoms with E-state index in [4.69, 9.17) is 0 Å². The SMILES string of the molecule is Cc1cccc(C(CN2CCC(N(C)C)CC2)C2(O)CCCCC2)c1. The van der Waals surface area contributed by atoms with Crippen LogP contribution in [0.3, 0.4) is 0 Å². The van der Waals surface area contributed by atoms with Crippen molar-refractivity contribution in [2.75, 3.05) is 33.7 Å². The standard InChI is InChI=1S/C22H36N2O/c1-18-8-7-9-19(16-18)21(22(25)12-5-4-6-13-22)17-24-14-10-20(11-15-24)23(2)3/h7-9,16,20-21,25H,4-6,10-15,17H2,1-3H3. The van der Waals surface area contributed by atoms with E-state index < -0.39 is 5.60 Å². The molecule has 2 fully saturated rings. The Morgan fingerprint density at radius 2 is 1.84 bits per heavy atom. The molecule has 1 heterocycles. The topological polar surface area (TPSA) is 26.7 Å². The van der Waals surface area contributed by atoms with E-state index in [0.717, 1.165) is 32.5 Å². The summed E-state index contributed by atoms with van der Waals surface area (Å²) in [5, 5.41) is 11.5. The van der Waals surface area contributed by atoms with Gasteiger partial charge in [0.15, 0.2) is 0 Å². The molecule has 3 nitrogen and oxygen atoms in total. The number of aryl methyl sites for hydroxylation is 1. The van der Waals surface area contributed by atoms with Gasteiger partial charge < -0.3 is 14.9 Å². The van der Waals surface area contributed by atoms with E-state index in [1.165, 1.54) is 43.2 Å². The van der Waals surface area contributed by atoms with E-state index in [1.807, 2.05) is 0 Å². The Bertz CT molecular complexity index is 543. The molecule has 1 aromatic rings. The van der Waals surface area contributed by atoms with Crippen LogP contribution in [0.15, 0.2) is 24.3 Å². The van der Waals surface area contributed by atoms with Crippen LogP contribution in [0.5, 0.6) is 0 Å². The number of nitrogens with zero attached hydrogens (tertiary/aromatic N) is 2. The van der Waals surface area contributed by atoms with E-state index in [1.54, 1.807) is 0 Å². The lowest BCUT2D eigenvalue weighted by Crippen LogP contribution is -2.48. The number of hydrogen-bond donors (Lipinski definition) is 1. The minimum Gasteiger partial charge on any atom is -0.389 e. The van der Waals surface area contributed by atoms with Gasteiger partial charge in [-0.3, -0.25) is 0 Å². The summed E-state index contributed by atoms with van der Waals surface area (Å²) in [6.07, 6.45) is 8.01. The van der Waals surface area contributed by atoms with Crippen LogP contribution in [0.2, 0.25) is 0 Å². The predicted octanol–water partition coefficient (Wildman–Crippen LogP) is 3.80. The lowest BCUT2D eigenvalue weighted by molar-refractivity contribution is -0.0335. The van der Waals surface area contributed by atoms with Crippen molar-refractivity contribution in [1.82, 2.24) is 9.80 Å².